The fourth-order valence-corrected chi connectivity index (χ4v) is 4.32. The first-order valence-corrected chi connectivity index (χ1v) is 13.0. The van der Waals surface area contributed by atoms with Gasteiger partial charge in [-0.1, -0.05) is 36.4 Å². The summed E-state index contributed by atoms with van der Waals surface area (Å²) in [5.41, 5.74) is 11.2. The molecule has 0 unspecified atom stereocenters. The van der Waals surface area contributed by atoms with E-state index in [2.05, 4.69) is 23.0 Å². The van der Waals surface area contributed by atoms with E-state index in [1.54, 1.807) is 9.80 Å². The minimum atomic E-state index is -0.476. The minimum absolute atomic E-state index is 0. The van der Waals surface area contributed by atoms with Crippen LogP contribution >= 0.6 is 0 Å². The maximum atomic E-state index is 12.1. The summed E-state index contributed by atoms with van der Waals surface area (Å²) in [6, 6.07) is 11.9. The van der Waals surface area contributed by atoms with Crippen molar-refractivity contribution >= 4 is 26.3 Å². The fourth-order valence-electron chi connectivity index (χ4n) is 4.32. The van der Waals surface area contributed by atoms with Crippen molar-refractivity contribution < 1.29 is 51.8 Å². The zero-order chi connectivity index (χ0) is 28.1. The Balaban J connectivity index is 0.000000381. The van der Waals surface area contributed by atoms with Gasteiger partial charge in [-0.3, -0.25) is 0 Å². The van der Waals surface area contributed by atoms with Crippen LogP contribution in [-0.2, 0) is 74.7 Å². The average molecular weight is 620 g/mol. The summed E-state index contributed by atoms with van der Waals surface area (Å²) in [7, 11) is 0. The molecule has 2 aliphatic heterocycles. The number of benzene rings is 2. The number of nitrogens with zero attached hydrogens (tertiary/aromatic N) is 3. The molecule has 0 aliphatic carbocycles. The Labute approximate surface area is 266 Å². The van der Waals surface area contributed by atoms with Gasteiger partial charge in [-0.05, 0) is 82.2 Å². The molecule has 4 radical (unpaired) electrons. The molecule has 2 aliphatic rings. The Kier molecular flexibility index (Phi) is 13.4. The maximum absolute atomic E-state index is 12.1. The predicted octanol–water partition coefficient (Wildman–Crippen LogP) is 5.59. The zero-order valence-corrected chi connectivity index (χ0v) is 27.5. The van der Waals surface area contributed by atoms with Crippen LogP contribution in [0.3, 0.4) is 0 Å². The van der Waals surface area contributed by atoms with E-state index in [0.717, 1.165) is 24.0 Å². The van der Waals surface area contributed by atoms with Crippen LogP contribution in [0.15, 0.2) is 36.4 Å². The van der Waals surface area contributed by atoms with E-state index in [4.69, 9.17) is 21.8 Å². The van der Waals surface area contributed by atoms with Crippen LogP contribution in [0.25, 0.3) is 4.85 Å². The van der Waals surface area contributed by atoms with E-state index in [1.165, 1.54) is 16.7 Å². The molecule has 40 heavy (non-hydrogen) atoms. The molecular weight excluding hydrogens is 580 g/mol. The van der Waals surface area contributed by atoms with Gasteiger partial charge in [0.05, 0.1) is 6.57 Å². The fraction of sp³-hybridized carbons (Fsp3) is 0.500. The Morgan fingerprint density at radius 2 is 1.27 bits per heavy atom. The van der Waals surface area contributed by atoms with Crippen molar-refractivity contribution in [1.29, 1.82) is 0 Å². The molecular formula is C30H40BN4O4Y. The summed E-state index contributed by atoms with van der Waals surface area (Å²) >= 11 is 0. The topological polar surface area (TPSA) is 89.5 Å². The van der Waals surface area contributed by atoms with Gasteiger partial charge < -0.3 is 25.0 Å². The summed E-state index contributed by atoms with van der Waals surface area (Å²) in [5, 5.41) is 0. The van der Waals surface area contributed by atoms with Crippen LogP contribution in [0.5, 0.6) is 0 Å². The van der Waals surface area contributed by atoms with Crippen molar-refractivity contribution in [3.63, 3.8) is 0 Å². The molecule has 2 amide bonds. The second kappa shape index (κ2) is 15.0. The largest absolute Gasteiger partial charge is 0.444 e. The molecule has 2 aromatic carbocycles. The van der Waals surface area contributed by atoms with E-state index in [1.807, 2.05) is 59.7 Å². The number of hydrogen-bond donors (Lipinski definition) is 1. The van der Waals surface area contributed by atoms with Crippen molar-refractivity contribution in [3.8, 4) is 0 Å². The molecule has 0 bridgehead atoms. The third kappa shape index (κ3) is 10.5. The second-order valence-electron chi connectivity index (χ2n) is 11.7. The third-order valence-electron chi connectivity index (χ3n) is 6.15. The van der Waals surface area contributed by atoms with Gasteiger partial charge in [0.15, 0.2) is 5.69 Å². The number of carbonyl (C=O) groups is 2. The molecule has 0 fully saturated rings. The SMILES string of the molecule is CC(C)(C)OC(=O)N1CCc2ccc(CN)cc2C1.[B].[C-]#[N+]c1ccc2c(c1)CN(C(=O)OC(C)(C)C)CC2.[Y]. The Hall–Kier alpha value is -2.40. The van der Waals surface area contributed by atoms with Crippen molar-refractivity contribution in [3.05, 3.63) is 75.6 Å². The van der Waals surface area contributed by atoms with Gasteiger partial charge in [-0.2, -0.15) is 0 Å². The van der Waals surface area contributed by atoms with Gasteiger partial charge in [0.25, 0.3) is 0 Å². The summed E-state index contributed by atoms with van der Waals surface area (Å²) < 4.78 is 10.8. The van der Waals surface area contributed by atoms with Crippen LogP contribution in [-0.4, -0.2) is 54.7 Å². The number of fused-ring (bicyclic) bond motifs is 2. The number of nitrogens with two attached hydrogens (primary N) is 1. The molecule has 0 atom stereocenters. The molecule has 2 N–H and O–H groups in total. The van der Waals surface area contributed by atoms with E-state index >= 15 is 0 Å². The van der Waals surface area contributed by atoms with Crippen LogP contribution in [0.1, 0.15) is 69.4 Å². The van der Waals surface area contributed by atoms with Crippen molar-refractivity contribution in [1.82, 2.24) is 9.80 Å². The van der Waals surface area contributed by atoms with Gasteiger partial charge in [-0.15, -0.1) is 0 Å². The Morgan fingerprint density at radius 3 is 1.70 bits per heavy atom. The van der Waals surface area contributed by atoms with Gasteiger partial charge in [0.2, 0.25) is 0 Å². The summed E-state index contributed by atoms with van der Waals surface area (Å²) in [4.78, 5) is 31.0. The Morgan fingerprint density at radius 1 is 0.825 bits per heavy atom. The molecule has 2 heterocycles. The van der Waals surface area contributed by atoms with Crippen LogP contribution in [0.4, 0.5) is 15.3 Å². The predicted molar refractivity (Wildman–Crippen MR) is 153 cm³/mol. The molecule has 0 saturated carbocycles. The summed E-state index contributed by atoms with van der Waals surface area (Å²) in [6.07, 6.45) is 1.16. The van der Waals surface area contributed by atoms with Crippen LogP contribution < -0.4 is 5.73 Å². The maximum Gasteiger partial charge on any atom is 0.410 e. The standard InChI is InChI=1S/C15H18N2O2.C15H22N2O2.B.Y/c1-15(2,3)19-14(18)17-8-7-11-5-6-13(16-4)9-12(11)10-17;1-15(2,3)19-14(18)17-7-6-12-5-4-11(9-16)8-13(12)10-17;;/h5-6,9H,7-8,10H2,1-3H3;4-5,8H,6-7,9-10,16H2,1-3H3;;. The number of ether oxygens (including phenoxy) is 2. The van der Waals surface area contributed by atoms with Gasteiger partial charge >= 0.3 is 12.2 Å². The molecule has 0 aromatic heterocycles. The van der Waals surface area contributed by atoms with E-state index < -0.39 is 11.2 Å². The Bertz CT molecular complexity index is 1220. The van der Waals surface area contributed by atoms with Crippen molar-refractivity contribution in [2.24, 2.45) is 5.73 Å². The minimum Gasteiger partial charge on any atom is -0.444 e. The molecule has 10 heteroatoms. The summed E-state index contributed by atoms with van der Waals surface area (Å²) in [5.74, 6) is 0. The third-order valence-corrected chi connectivity index (χ3v) is 6.15. The monoisotopic (exact) mass is 620 g/mol. The van der Waals surface area contributed by atoms with Gasteiger partial charge in [0.1, 0.15) is 11.2 Å². The van der Waals surface area contributed by atoms with Crippen LogP contribution in [0, 0.1) is 6.57 Å². The first kappa shape index (κ1) is 35.6. The smallest absolute Gasteiger partial charge is 0.410 e. The average Bonchev–Trinajstić information content (AvgIpc) is 2.85. The van der Waals surface area contributed by atoms with Gasteiger partial charge in [-0.25, -0.2) is 14.4 Å². The molecule has 8 nitrogen and oxygen atoms in total. The first-order valence-electron chi connectivity index (χ1n) is 13.0. The molecule has 0 spiro atoms. The number of carbonyl (C=O) groups excluding carboxylic acids is 2. The number of amides is 2. The molecule has 210 valence electrons. The molecule has 2 aromatic rings. The first-order chi connectivity index (χ1) is 17.8. The van der Waals surface area contributed by atoms with E-state index in [-0.39, 0.29) is 53.3 Å². The van der Waals surface area contributed by atoms with Crippen molar-refractivity contribution in [2.45, 2.75) is 85.2 Å². The molecule has 4 rings (SSSR count). The second-order valence-corrected chi connectivity index (χ2v) is 11.7. The quantitative estimate of drug-likeness (QED) is 0.332. The van der Waals surface area contributed by atoms with E-state index in [0.29, 0.717) is 38.4 Å². The van der Waals surface area contributed by atoms with Crippen LogP contribution in [0.2, 0.25) is 0 Å². The normalized spacial score (nSPS) is 14.1. The van der Waals surface area contributed by atoms with Gasteiger partial charge in [0, 0.05) is 73.8 Å². The molecule has 0 saturated heterocycles. The van der Waals surface area contributed by atoms with Crippen molar-refractivity contribution in [2.75, 3.05) is 13.1 Å². The van der Waals surface area contributed by atoms with E-state index in [9.17, 15) is 9.59 Å². The number of hydrogen-bond acceptors (Lipinski definition) is 5. The number of rotatable bonds is 1. The zero-order valence-electron chi connectivity index (χ0n) is 24.6. The summed E-state index contributed by atoms with van der Waals surface area (Å²) in [6.45, 7) is 21.3.